The Labute approximate surface area is 106 Å². The summed E-state index contributed by atoms with van der Waals surface area (Å²) in [5.41, 5.74) is 0.806. The van der Waals surface area contributed by atoms with Crippen molar-refractivity contribution in [2.75, 3.05) is 13.1 Å². The Kier molecular flexibility index (Phi) is 2.84. The van der Waals surface area contributed by atoms with E-state index in [9.17, 15) is 4.79 Å². The topological polar surface area (TPSA) is 42.0 Å². The summed E-state index contributed by atoms with van der Waals surface area (Å²) in [6, 6.07) is 7.82. The van der Waals surface area contributed by atoms with Gasteiger partial charge in [0.25, 0.3) is 0 Å². The maximum absolute atomic E-state index is 12.5. The molecule has 0 radical (unpaired) electrons. The van der Waals surface area contributed by atoms with E-state index in [0.29, 0.717) is 5.92 Å². The van der Waals surface area contributed by atoms with Gasteiger partial charge >= 0.3 is 0 Å². The van der Waals surface area contributed by atoms with Crippen LogP contribution >= 0.6 is 0 Å². The monoisotopic (exact) mass is 240 g/mol. The molecule has 1 aliphatic heterocycles. The van der Waals surface area contributed by atoms with Gasteiger partial charge in [-0.25, -0.2) is 0 Å². The zero-order chi connectivity index (χ0) is 12.5. The van der Waals surface area contributed by atoms with Gasteiger partial charge in [0.15, 0.2) is 5.78 Å². The first kappa shape index (κ1) is 11.4. The standard InChI is InChI=1S/C15H16N2O/c1-10(12-7-17-8-12)15(18)13-4-2-3-11-5-6-16-9-14(11)13/h2-6,9-10,12,17H,7-8H2,1H3. The summed E-state index contributed by atoms with van der Waals surface area (Å²) in [6.45, 7) is 3.94. The van der Waals surface area contributed by atoms with E-state index in [1.54, 1.807) is 12.4 Å². The number of pyridine rings is 1. The van der Waals surface area contributed by atoms with E-state index >= 15 is 0 Å². The predicted molar refractivity (Wildman–Crippen MR) is 71.6 cm³/mol. The second kappa shape index (κ2) is 4.50. The van der Waals surface area contributed by atoms with E-state index in [4.69, 9.17) is 0 Å². The molecular formula is C15H16N2O. The zero-order valence-electron chi connectivity index (χ0n) is 10.4. The first-order valence-electron chi connectivity index (χ1n) is 6.35. The number of nitrogens with zero attached hydrogens (tertiary/aromatic N) is 1. The number of Topliss-reactive ketones (excluding diaryl/α,β-unsaturated/α-hetero) is 1. The number of aromatic nitrogens is 1. The molecule has 0 aliphatic carbocycles. The number of benzene rings is 1. The Hall–Kier alpha value is -1.74. The van der Waals surface area contributed by atoms with Crippen molar-refractivity contribution >= 4 is 16.6 Å². The van der Waals surface area contributed by atoms with Gasteiger partial charge in [0.05, 0.1) is 0 Å². The van der Waals surface area contributed by atoms with E-state index in [1.807, 2.05) is 31.2 Å². The molecule has 2 heterocycles. The van der Waals surface area contributed by atoms with Crippen molar-refractivity contribution in [3.05, 3.63) is 42.2 Å². The zero-order valence-corrected chi connectivity index (χ0v) is 10.4. The van der Waals surface area contributed by atoms with Gasteiger partial charge in [0, 0.05) is 29.3 Å². The third-order valence-electron chi connectivity index (χ3n) is 3.88. The fourth-order valence-corrected chi connectivity index (χ4v) is 2.45. The molecule has 1 aromatic heterocycles. The van der Waals surface area contributed by atoms with Crippen LogP contribution < -0.4 is 5.32 Å². The van der Waals surface area contributed by atoms with Crippen molar-refractivity contribution in [3.8, 4) is 0 Å². The molecule has 1 atom stereocenters. The molecular weight excluding hydrogens is 224 g/mol. The van der Waals surface area contributed by atoms with Crippen LogP contribution in [0.1, 0.15) is 17.3 Å². The molecule has 3 heteroatoms. The summed E-state index contributed by atoms with van der Waals surface area (Å²) >= 11 is 0. The molecule has 1 saturated heterocycles. The largest absolute Gasteiger partial charge is 0.316 e. The highest BCUT2D eigenvalue weighted by molar-refractivity contribution is 6.08. The van der Waals surface area contributed by atoms with E-state index in [0.717, 1.165) is 29.4 Å². The highest BCUT2D eigenvalue weighted by Gasteiger charge is 2.29. The summed E-state index contributed by atoms with van der Waals surface area (Å²) < 4.78 is 0. The molecule has 0 amide bonds. The number of carbonyl (C=O) groups is 1. The van der Waals surface area contributed by atoms with E-state index in [2.05, 4.69) is 10.3 Å². The lowest BCUT2D eigenvalue weighted by atomic mass is 9.82. The Bertz CT molecular complexity index is 585. The van der Waals surface area contributed by atoms with Crippen molar-refractivity contribution < 1.29 is 4.79 Å². The van der Waals surface area contributed by atoms with Crippen molar-refractivity contribution in [1.29, 1.82) is 0 Å². The lowest BCUT2D eigenvalue weighted by molar-refractivity contribution is 0.0856. The quantitative estimate of drug-likeness (QED) is 0.837. The first-order chi connectivity index (χ1) is 8.77. The highest BCUT2D eigenvalue weighted by atomic mass is 16.1. The fraction of sp³-hybridized carbons (Fsp3) is 0.333. The lowest BCUT2D eigenvalue weighted by Gasteiger charge is -2.31. The third-order valence-corrected chi connectivity index (χ3v) is 3.88. The minimum absolute atomic E-state index is 0.0806. The summed E-state index contributed by atoms with van der Waals surface area (Å²) in [4.78, 5) is 16.7. The van der Waals surface area contributed by atoms with Crippen LogP contribution in [0.5, 0.6) is 0 Å². The van der Waals surface area contributed by atoms with Crippen molar-refractivity contribution in [1.82, 2.24) is 10.3 Å². The number of hydrogen-bond donors (Lipinski definition) is 1. The second-order valence-corrected chi connectivity index (χ2v) is 4.97. The van der Waals surface area contributed by atoms with Crippen LogP contribution in [0.15, 0.2) is 36.7 Å². The van der Waals surface area contributed by atoms with Crippen LogP contribution in [0.3, 0.4) is 0 Å². The van der Waals surface area contributed by atoms with Crippen molar-refractivity contribution in [2.45, 2.75) is 6.92 Å². The predicted octanol–water partition coefficient (Wildman–Crippen LogP) is 2.27. The average molecular weight is 240 g/mol. The van der Waals surface area contributed by atoms with Gasteiger partial charge in [-0.2, -0.15) is 0 Å². The summed E-state index contributed by atoms with van der Waals surface area (Å²) in [5, 5.41) is 5.26. The minimum atomic E-state index is 0.0806. The van der Waals surface area contributed by atoms with Gasteiger partial charge < -0.3 is 5.32 Å². The Morgan fingerprint density at radius 3 is 2.94 bits per heavy atom. The minimum Gasteiger partial charge on any atom is -0.316 e. The van der Waals surface area contributed by atoms with Gasteiger partial charge in [-0.05, 0) is 30.5 Å². The molecule has 92 valence electrons. The maximum Gasteiger partial charge on any atom is 0.166 e. The molecule has 1 N–H and O–H groups in total. The normalized spacial score (nSPS) is 17.4. The SMILES string of the molecule is CC(C(=O)c1cccc2ccncc12)C1CNC1. The molecule has 2 aromatic rings. The third kappa shape index (κ3) is 1.81. The van der Waals surface area contributed by atoms with E-state index in [1.165, 1.54) is 0 Å². The number of ketones is 1. The van der Waals surface area contributed by atoms with Gasteiger partial charge in [0.1, 0.15) is 0 Å². The summed E-state index contributed by atoms with van der Waals surface area (Å²) in [7, 11) is 0. The smallest absolute Gasteiger partial charge is 0.166 e. The molecule has 1 fully saturated rings. The van der Waals surface area contributed by atoms with Crippen LogP contribution in [0, 0.1) is 11.8 Å². The first-order valence-corrected chi connectivity index (χ1v) is 6.35. The van der Waals surface area contributed by atoms with Gasteiger partial charge in [0.2, 0.25) is 0 Å². The summed E-state index contributed by atoms with van der Waals surface area (Å²) in [5.74, 6) is 0.793. The van der Waals surface area contributed by atoms with Crippen LogP contribution in [-0.2, 0) is 0 Å². The molecule has 0 bridgehead atoms. The lowest BCUT2D eigenvalue weighted by Crippen LogP contribution is -2.47. The van der Waals surface area contributed by atoms with Gasteiger partial charge in [-0.1, -0.05) is 25.1 Å². The number of fused-ring (bicyclic) bond motifs is 1. The number of rotatable bonds is 3. The molecule has 1 aromatic carbocycles. The molecule has 0 spiro atoms. The number of carbonyl (C=O) groups excluding carboxylic acids is 1. The van der Waals surface area contributed by atoms with Crippen LogP contribution in [0.2, 0.25) is 0 Å². The second-order valence-electron chi connectivity index (χ2n) is 4.97. The van der Waals surface area contributed by atoms with Gasteiger partial charge in [-0.3, -0.25) is 9.78 Å². The van der Waals surface area contributed by atoms with Crippen LogP contribution in [0.25, 0.3) is 10.8 Å². The highest BCUT2D eigenvalue weighted by Crippen LogP contribution is 2.25. The van der Waals surface area contributed by atoms with Crippen LogP contribution in [0.4, 0.5) is 0 Å². The number of hydrogen-bond acceptors (Lipinski definition) is 3. The maximum atomic E-state index is 12.5. The Morgan fingerprint density at radius 2 is 2.22 bits per heavy atom. The van der Waals surface area contributed by atoms with Crippen LogP contribution in [-0.4, -0.2) is 23.9 Å². The van der Waals surface area contributed by atoms with E-state index in [-0.39, 0.29) is 11.7 Å². The molecule has 3 nitrogen and oxygen atoms in total. The van der Waals surface area contributed by atoms with Gasteiger partial charge in [-0.15, -0.1) is 0 Å². The molecule has 3 rings (SSSR count). The molecule has 1 aliphatic rings. The summed E-state index contributed by atoms with van der Waals surface area (Å²) in [6.07, 6.45) is 3.55. The molecule has 18 heavy (non-hydrogen) atoms. The molecule has 1 unspecified atom stereocenters. The number of nitrogens with one attached hydrogen (secondary N) is 1. The van der Waals surface area contributed by atoms with Crippen molar-refractivity contribution in [2.24, 2.45) is 11.8 Å². The average Bonchev–Trinajstić information content (AvgIpc) is 2.35. The Morgan fingerprint density at radius 1 is 1.39 bits per heavy atom. The fourth-order valence-electron chi connectivity index (χ4n) is 2.45. The Balaban J connectivity index is 2.00. The van der Waals surface area contributed by atoms with Crippen molar-refractivity contribution in [3.63, 3.8) is 0 Å². The molecule has 0 saturated carbocycles. The van der Waals surface area contributed by atoms with E-state index < -0.39 is 0 Å².